The molecule has 2 N–H and O–H groups in total. The third-order valence-electron chi connectivity index (χ3n) is 3.69. The maximum absolute atomic E-state index is 11.9. The molecule has 1 fully saturated rings. The van der Waals surface area contributed by atoms with Gasteiger partial charge in [0, 0.05) is 27.2 Å². The van der Waals surface area contributed by atoms with Crippen molar-refractivity contribution in [3.05, 3.63) is 11.6 Å². The first kappa shape index (κ1) is 21.5. The van der Waals surface area contributed by atoms with Crippen molar-refractivity contribution in [3.8, 4) is 0 Å². The molecule has 1 aliphatic rings. The van der Waals surface area contributed by atoms with Gasteiger partial charge in [0.25, 0.3) is 0 Å². The number of aliphatic imine (C=N–C) groups is 1. The molecule has 1 aromatic rings. The Hall–Kier alpha value is -1.59. The van der Waals surface area contributed by atoms with Crippen molar-refractivity contribution in [3.63, 3.8) is 0 Å². The standard InChI is InChI=1S/C15H27N7O2.HI/c1-10-19-20-12(21(10)6)7-17-13(16-5)18-11-8-22(9-11)14(23)24-15(2,3)4;/h11H,7-9H2,1-6H3,(H2,16,17,18);1H. The van der Waals surface area contributed by atoms with Crippen LogP contribution in [0.3, 0.4) is 0 Å². The van der Waals surface area contributed by atoms with E-state index in [4.69, 9.17) is 4.74 Å². The van der Waals surface area contributed by atoms with E-state index in [1.54, 1.807) is 11.9 Å². The monoisotopic (exact) mass is 465 g/mol. The summed E-state index contributed by atoms with van der Waals surface area (Å²) in [4.78, 5) is 17.8. The zero-order valence-electron chi connectivity index (χ0n) is 15.7. The second kappa shape index (κ2) is 8.68. The van der Waals surface area contributed by atoms with Crippen LogP contribution in [-0.4, -0.2) is 63.5 Å². The summed E-state index contributed by atoms with van der Waals surface area (Å²) in [6, 6.07) is 0.157. The van der Waals surface area contributed by atoms with Crippen LogP contribution in [0, 0.1) is 6.92 Å². The summed E-state index contributed by atoms with van der Waals surface area (Å²) < 4.78 is 7.26. The minimum absolute atomic E-state index is 0. The maximum Gasteiger partial charge on any atom is 0.410 e. The van der Waals surface area contributed by atoms with Crippen molar-refractivity contribution in [1.29, 1.82) is 0 Å². The Bertz CT molecular complexity index is 618. The van der Waals surface area contributed by atoms with Gasteiger partial charge in [-0.25, -0.2) is 4.79 Å². The first-order valence-corrected chi connectivity index (χ1v) is 7.99. The highest BCUT2D eigenvalue weighted by molar-refractivity contribution is 14.0. The number of ether oxygens (including phenoxy) is 1. The van der Waals surface area contributed by atoms with Gasteiger partial charge in [-0.15, -0.1) is 34.2 Å². The number of hydrogen-bond donors (Lipinski definition) is 2. The number of halogens is 1. The van der Waals surface area contributed by atoms with E-state index in [1.807, 2.05) is 39.3 Å². The number of rotatable bonds is 3. The minimum Gasteiger partial charge on any atom is -0.444 e. The molecule has 2 rings (SSSR count). The highest BCUT2D eigenvalue weighted by Crippen LogP contribution is 2.15. The number of guanidine groups is 1. The van der Waals surface area contributed by atoms with Gasteiger partial charge in [0.15, 0.2) is 11.8 Å². The Morgan fingerprint density at radius 3 is 2.48 bits per heavy atom. The van der Waals surface area contributed by atoms with Gasteiger partial charge in [-0.05, 0) is 27.7 Å². The summed E-state index contributed by atoms with van der Waals surface area (Å²) >= 11 is 0. The molecular weight excluding hydrogens is 437 g/mol. The van der Waals surface area contributed by atoms with Gasteiger partial charge >= 0.3 is 6.09 Å². The number of carbonyl (C=O) groups is 1. The second-order valence-electron chi connectivity index (χ2n) is 6.87. The van der Waals surface area contributed by atoms with Crippen LogP contribution >= 0.6 is 24.0 Å². The van der Waals surface area contributed by atoms with Crippen molar-refractivity contribution < 1.29 is 9.53 Å². The van der Waals surface area contributed by atoms with Crippen LogP contribution in [0.5, 0.6) is 0 Å². The SMILES string of the molecule is CN=C(NCc1nnc(C)n1C)NC1CN(C(=O)OC(C)(C)C)C1.I. The van der Waals surface area contributed by atoms with Gasteiger partial charge < -0.3 is 24.8 Å². The van der Waals surface area contributed by atoms with Crippen molar-refractivity contribution in [2.24, 2.45) is 12.0 Å². The Balaban J connectivity index is 0.00000312. The van der Waals surface area contributed by atoms with Crippen LogP contribution in [0.2, 0.25) is 0 Å². The Kier molecular flexibility index (Phi) is 7.44. The Morgan fingerprint density at radius 2 is 2.00 bits per heavy atom. The molecule has 1 saturated heterocycles. The molecule has 9 nitrogen and oxygen atoms in total. The molecule has 0 atom stereocenters. The number of nitrogens with one attached hydrogen (secondary N) is 2. The molecule has 0 saturated carbocycles. The number of likely N-dealkylation sites (tertiary alicyclic amines) is 1. The molecule has 1 aromatic heterocycles. The van der Waals surface area contributed by atoms with Gasteiger partial charge in [-0.3, -0.25) is 4.99 Å². The van der Waals surface area contributed by atoms with E-state index >= 15 is 0 Å². The fourth-order valence-electron chi connectivity index (χ4n) is 2.20. The zero-order chi connectivity index (χ0) is 17.9. The first-order valence-electron chi connectivity index (χ1n) is 7.99. The summed E-state index contributed by atoms with van der Waals surface area (Å²) in [6.07, 6.45) is -0.280. The number of hydrogen-bond acceptors (Lipinski definition) is 5. The fraction of sp³-hybridized carbons (Fsp3) is 0.733. The maximum atomic E-state index is 11.9. The first-order chi connectivity index (χ1) is 11.2. The van der Waals surface area contributed by atoms with E-state index in [0.717, 1.165) is 11.6 Å². The molecule has 0 bridgehead atoms. The molecule has 0 aliphatic carbocycles. The van der Waals surface area contributed by atoms with E-state index in [9.17, 15) is 4.79 Å². The molecule has 0 spiro atoms. The third-order valence-corrected chi connectivity index (χ3v) is 3.69. The van der Waals surface area contributed by atoms with Crippen molar-refractivity contribution in [2.45, 2.75) is 45.9 Å². The zero-order valence-corrected chi connectivity index (χ0v) is 18.0. The predicted octanol–water partition coefficient (Wildman–Crippen LogP) is 1.03. The number of nitrogens with zero attached hydrogens (tertiary/aromatic N) is 5. The van der Waals surface area contributed by atoms with E-state index < -0.39 is 5.60 Å². The molecule has 25 heavy (non-hydrogen) atoms. The molecular formula is C15H28IN7O2. The van der Waals surface area contributed by atoms with Gasteiger partial charge in [-0.2, -0.15) is 0 Å². The van der Waals surface area contributed by atoms with Crippen molar-refractivity contribution >= 4 is 36.0 Å². The van der Waals surface area contributed by atoms with E-state index in [-0.39, 0.29) is 36.1 Å². The smallest absolute Gasteiger partial charge is 0.410 e. The summed E-state index contributed by atoms with van der Waals surface area (Å²) in [5.41, 5.74) is -0.471. The average Bonchev–Trinajstić information content (AvgIpc) is 2.75. The normalized spacial score (nSPS) is 15.3. The van der Waals surface area contributed by atoms with Gasteiger partial charge in [0.2, 0.25) is 0 Å². The van der Waals surface area contributed by atoms with Crippen LogP contribution in [-0.2, 0) is 18.3 Å². The van der Waals surface area contributed by atoms with Crippen molar-refractivity contribution in [2.75, 3.05) is 20.1 Å². The fourth-order valence-corrected chi connectivity index (χ4v) is 2.20. The molecule has 2 heterocycles. The minimum atomic E-state index is -0.471. The molecule has 1 amide bonds. The lowest BCUT2D eigenvalue weighted by Gasteiger charge is -2.40. The Labute approximate surface area is 165 Å². The lowest BCUT2D eigenvalue weighted by molar-refractivity contribution is 0.00701. The topological polar surface area (TPSA) is 96.7 Å². The largest absolute Gasteiger partial charge is 0.444 e. The van der Waals surface area contributed by atoms with E-state index in [0.29, 0.717) is 25.6 Å². The molecule has 0 radical (unpaired) electrons. The number of aromatic nitrogens is 3. The number of carbonyl (C=O) groups excluding carboxylic acids is 1. The van der Waals surface area contributed by atoms with Gasteiger partial charge in [-0.1, -0.05) is 0 Å². The lowest BCUT2D eigenvalue weighted by atomic mass is 10.1. The van der Waals surface area contributed by atoms with E-state index in [2.05, 4.69) is 25.8 Å². The van der Waals surface area contributed by atoms with Gasteiger partial charge in [0.1, 0.15) is 11.4 Å². The van der Waals surface area contributed by atoms with Crippen LogP contribution < -0.4 is 10.6 Å². The van der Waals surface area contributed by atoms with Crippen LogP contribution in [0.15, 0.2) is 4.99 Å². The second-order valence-corrected chi connectivity index (χ2v) is 6.87. The average molecular weight is 465 g/mol. The van der Waals surface area contributed by atoms with Gasteiger partial charge in [0.05, 0.1) is 12.6 Å². The van der Waals surface area contributed by atoms with Crippen molar-refractivity contribution in [1.82, 2.24) is 30.3 Å². The van der Waals surface area contributed by atoms with E-state index in [1.165, 1.54) is 0 Å². The molecule has 142 valence electrons. The lowest BCUT2D eigenvalue weighted by Crippen LogP contribution is -2.63. The molecule has 0 unspecified atom stereocenters. The molecule has 1 aliphatic heterocycles. The summed E-state index contributed by atoms with van der Waals surface area (Å²) in [5.74, 6) is 2.37. The quantitative estimate of drug-likeness (QED) is 0.393. The number of aryl methyl sites for hydroxylation is 1. The highest BCUT2D eigenvalue weighted by Gasteiger charge is 2.34. The Morgan fingerprint density at radius 1 is 1.36 bits per heavy atom. The van der Waals surface area contributed by atoms with Crippen LogP contribution in [0.4, 0.5) is 4.79 Å². The summed E-state index contributed by atoms with van der Waals surface area (Å²) in [7, 11) is 3.63. The van der Waals surface area contributed by atoms with Crippen LogP contribution in [0.25, 0.3) is 0 Å². The number of amides is 1. The highest BCUT2D eigenvalue weighted by atomic mass is 127. The van der Waals surface area contributed by atoms with Crippen LogP contribution in [0.1, 0.15) is 32.4 Å². The summed E-state index contributed by atoms with van der Waals surface area (Å²) in [6.45, 7) is 9.21. The molecule has 0 aromatic carbocycles. The molecule has 10 heteroatoms. The summed E-state index contributed by atoms with van der Waals surface area (Å²) in [5, 5.41) is 14.6. The third kappa shape index (κ3) is 6.01. The predicted molar refractivity (Wildman–Crippen MR) is 106 cm³/mol.